The predicted octanol–water partition coefficient (Wildman–Crippen LogP) is 3.23. The summed E-state index contributed by atoms with van der Waals surface area (Å²) < 4.78 is 10.9. The Kier molecular flexibility index (Phi) is 3.84. The highest BCUT2D eigenvalue weighted by molar-refractivity contribution is 7.14. The van der Waals surface area contributed by atoms with E-state index in [9.17, 15) is 4.79 Å². The van der Waals surface area contributed by atoms with Crippen LogP contribution in [0.1, 0.15) is 34.3 Å². The molecule has 1 aliphatic heterocycles. The van der Waals surface area contributed by atoms with Gasteiger partial charge in [0.25, 0.3) is 0 Å². The minimum atomic E-state index is -0.342. The molecule has 2 heterocycles. The Morgan fingerprint density at radius 3 is 3.10 bits per heavy atom. The van der Waals surface area contributed by atoms with E-state index >= 15 is 0 Å². The molecule has 3 rings (SSSR count). The zero-order chi connectivity index (χ0) is 14.8. The minimum Gasteiger partial charge on any atom is -0.493 e. The summed E-state index contributed by atoms with van der Waals surface area (Å²) in [7, 11) is 0. The summed E-state index contributed by atoms with van der Waals surface area (Å²) in [5.41, 5.74) is 8.56. The van der Waals surface area contributed by atoms with Crippen molar-refractivity contribution in [3.8, 4) is 5.75 Å². The fourth-order valence-corrected chi connectivity index (χ4v) is 3.52. The van der Waals surface area contributed by atoms with Gasteiger partial charge in [-0.2, -0.15) is 0 Å². The van der Waals surface area contributed by atoms with Gasteiger partial charge in [-0.05, 0) is 35.9 Å². The van der Waals surface area contributed by atoms with Crippen LogP contribution in [0.5, 0.6) is 5.75 Å². The van der Waals surface area contributed by atoms with Gasteiger partial charge in [0.2, 0.25) is 0 Å². The van der Waals surface area contributed by atoms with Gasteiger partial charge in [0.1, 0.15) is 10.8 Å². The number of carbonyl (C=O) groups excluding carboxylic acids is 1. The van der Waals surface area contributed by atoms with E-state index in [4.69, 9.17) is 15.2 Å². The van der Waals surface area contributed by atoms with Gasteiger partial charge < -0.3 is 15.2 Å². The monoisotopic (exact) mass is 303 g/mol. The number of fused-ring (bicyclic) bond motifs is 1. The molecule has 0 aliphatic carbocycles. The largest absolute Gasteiger partial charge is 0.493 e. The molecule has 5 heteroatoms. The summed E-state index contributed by atoms with van der Waals surface area (Å²) in [6.07, 6.45) is 0.846. The lowest BCUT2D eigenvalue weighted by Crippen LogP contribution is -2.21. The third-order valence-corrected chi connectivity index (χ3v) is 4.48. The summed E-state index contributed by atoms with van der Waals surface area (Å²) in [5, 5.41) is 2.46. The van der Waals surface area contributed by atoms with Gasteiger partial charge in [-0.3, -0.25) is 0 Å². The molecule has 21 heavy (non-hydrogen) atoms. The maximum absolute atomic E-state index is 12.1. The highest BCUT2D eigenvalue weighted by Crippen LogP contribution is 2.37. The van der Waals surface area contributed by atoms with Crippen molar-refractivity contribution in [3.63, 3.8) is 0 Å². The van der Waals surface area contributed by atoms with Crippen LogP contribution in [-0.4, -0.2) is 19.2 Å². The molecule has 1 atom stereocenters. The lowest BCUT2D eigenvalue weighted by Gasteiger charge is -2.25. The Labute approximate surface area is 127 Å². The van der Waals surface area contributed by atoms with Crippen molar-refractivity contribution in [1.82, 2.24) is 0 Å². The fourth-order valence-electron chi connectivity index (χ4n) is 2.64. The van der Waals surface area contributed by atoms with Crippen LogP contribution >= 0.6 is 11.3 Å². The van der Waals surface area contributed by atoms with Crippen LogP contribution in [0.2, 0.25) is 0 Å². The summed E-state index contributed by atoms with van der Waals surface area (Å²) in [6.45, 7) is 2.69. The number of nitrogens with two attached hydrogens (primary N) is 1. The maximum atomic E-state index is 12.1. The highest BCUT2D eigenvalue weighted by Gasteiger charge is 2.28. The molecule has 0 bridgehead atoms. The molecule has 1 unspecified atom stereocenters. The van der Waals surface area contributed by atoms with E-state index in [-0.39, 0.29) is 11.9 Å². The quantitative estimate of drug-likeness (QED) is 0.884. The van der Waals surface area contributed by atoms with Crippen LogP contribution in [0.3, 0.4) is 0 Å². The lowest BCUT2D eigenvalue weighted by atomic mass is 9.89. The molecule has 2 N–H and O–H groups in total. The number of thiophene rings is 1. The summed E-state index contributed by atoms with van der Waals surface area (Å²) in [5.74, 6) is 0.715. The molecule has 1 aliphatic rings. The first-order valence-electron chi connectivity index (χ1n) is 6.95. The molecule has 0 amide bonds. The van der Waals surface area contributed by atoms with Crippen LogP contribution in [0.15, 0.2) is 29.6 Å². The SMILES string of the molecule is CCOC(=O)c1c(C2COc3ccccc3C2)csc1N. The van der Waals surface area contributed by atoms with E-state index in [1.807, 2.05) is 23.6 Å². The first-order chi connectivity index (χ1) is 10.2. The Bertz CT molecular complexity index is 665. The molecule has 0 spiro atoms. The molecule has 0 fully saturated rings. The summed E-state index contributed by atoms with van der Waals surface area (Å²) >= 11 is 1.38. The highest BCUT2D eigenvalue weighted by atomic mass is 32.1. The van der Waals surface area contributed by atoms with Crippen molar-refractivity contribution in [3.05, 3.63) is 46.3 Å². The molecule has 4 nitrogen and oxygen atoms in total. The third kappa shape index (κ3) is 2.61. The van der Waals surface area contributed by atoms with E-state index in [2.05, 4.69) is 6.07 Å². The van der Waals surface area contributed by atoms with Gasteiger partial charge in [0.15, 0.2) is 0 Å². The van der Waals surface area contributed by atoms with Crippen molar-refractivity contribution in [2.45, 2.75) is 19.3 Å². The first kappa shape index (κ1) is 13.9. The molecule has 2 aromatic rings. The van der Waals surface area contributed by atoms with Crippen LogP contribution in [0.4, 0.5) is 5.00 Å². The molecule has 110 valence electrons. The Morgan fingerprint density at radius 2 is 2.29 bits per heavy atom. The van der Waals surface area contributed by atoms with E-state index in [1.54, 1.807) is 6.92 Å². The van der Waals surface area contributed by atoms with Crippen molar-refractivity contribution in [2.24, 2.45) is 0 Å². The second-order valence-corrected chi connectivity index (χ2v) is 5.88. The topological polar surface area (TPSA) is 61.5 Å². The molecular weight excluding hydrogens is 286 g/mol. The summed E-state index contributed by atoms with van der Waals surface area (Å²) in [6, 6.07) is 7.99. The number of nitrogen functional groups attached to an aromatic ring is 1. The number of ether oxygens (including phenoxy) is 2. The summed E-state index contributed by atoms with van der Waals surface area (Å²) in [4.78, 5) is 12.1. The van der Waals surface area contributed by atoms with Crippen molar-refractivity contribution >= 4 is 22.3 Å². The normalized spacial score (nSPS) is 16.9. The maximum Gasteiger partial charge on any atom is 0.341 e. The zero-order valence-electron chi connectivity index (χ0n) is 11.8. The number of esters is 1. The van der Waals surface area contributed by atoms with Gasteiger partial charge in [-0.1, -0.05) is 18.2 Å². The molecule has 1 aromatic carbocycles. The van der Waals surface area contributed by atoms with E-state index < -0.39 is 0 Å². The molecule has 1 aromatic heterocycles. The minimum absolute atomic E-state index is 0.132. The van der Waals surface area contributed by atoms with Gasteiger partial charge in [-0.25, -0.2) is 4.79 Å². The van der Waals surface area contributed by atoms with Crippen LogP contribution in [-0.2, 0) is 11.2 Å². The second-order valence-electron chi connectivity index (χ2n) is 4.97. The van der Waals surface area contributed by atoms with Crippen molar-refractivity contribution in [2.75, 3.05) is 18.9 Å². The molecule has 0 saturated heterocycles. The second kappa shape index (κ2) is 5.77. The van der Waals surface area contributed by atoms with Gasteiger partial charge in [0, 0.05) is 5.92 Å². The van der Waals surface area contributed by atoms with Crippen LogP contribution in [0.25, 0.3) is 0 Å². The van der Waals surface area contributed by atoms with Crippen LogP contribution in [0, 0.1) is 0 Å². The van der Waals surface area contributed by atoms with E-state index in [1.165, 1.54) is 11.3 Å². The van der Waals surface area contributed by atoms with Crippen LogP contribution < -0.4 is 10.5 Å². The fraction of sp³-hybridized carbons (Fsp3) is 0.312. The van der Waals surface area contributed by atoms with Gasteiger partial charge >= 0.3 is 5.97 Å². The van der Waals surface area contributed by atoms with Gasteiger partial charge in [0.05, 0.1) is 18.8 Å². The number of anilines is 1. The van der Waals surface area contributed by atoms with Gasteiger partial charge in [-0.15, -0.1) is 11.3 Å². The molecule has 0 saturated carbocycles. The number of para-hydroxylation sites is 1. The number of hydrogen-bond donors (Lipinski definition) is 1. The average molecular weight is 303 g/mol. The number of benzene rings is 1. The standard InChI is InChI=1S/C16H17NO3S/c1-2-19-16(18)14-12(9-21-15(14)17)11-7-10-5-3-4-6-13(10)20-8-11/h3-6,9,11H,2,7-8,17H2,1H3. The van der Waals surface area contributed by atoms with E-state index in [0.29, 0.717) is 23.8 Å². The van der Waals surface area contributed by atoms with Crippen molar-refractivity contribution < 1.29 is 14.3 Å². The lowest BCUT2D eigenvalue weighted by molar-refractivity contribution is 0.0526. The van der Waals surface area contributed by atoms with Crippen molar-refractivity contribution in [1.29, 1.82) is 0 Å². The molecular formula is C16H17NO3S. The first-order valence-corrected chi connectivity index (χ1v) is 7.83. The average Bonchev–Trinajstić information content (AvgIpc) is 2.89. The molecule has 0 radical (unpaired) electrons. The predicted molar refractivity (Wildman–Crippen MR) is 83.1 cm³/mol. The number of rotatable bonds is 3. The smallest absolute Gasteiger partial charge is 0.341 e. The Morgan fingerprint density at radius 1 is 1.48 bits per heavy atom. The Hall–Kier alpha value is -2.01. The third-order valence-electron chi connectivity index (χ3n) is 3.65. The van der Waals surface area contributed by atoms with E-state index in [0.717, 1.165) is 23.3 Å². The number of carbonyl (C=O) groups is 1. The zero-order valence-corrected chi connectivity index (χ0v) is 12.6. The number of hydrogen-bond acceptors (Lipinski definition) is 5. The Balaban J connectivity index is 1.91.